The molecular formula is C17H10ClN3O2S. The molecule has 0 bridgehead atoms. The lowest BCUT2D eigenvalue weighted by molar-refractivity contribution is 0.475. The van der Waals surface area contributed by atoms with Crippen LogP contribution < -0.4 is 5.56 Å². The van der Waals surface area contributed by atoms with E-state index in [0.29, 0.717) is 15.5 Å². The molecule has 0 fully saturated rings. The molecule has 2 aromatic heterocycles. The minimum atomic E-state index is -0.378. The van der Waals surface area contributed by atoms with Crippen molar-refractivity contribution in [2.24, 2.45) is 0 Å². The van der Waals surface area contributed by atoms with Crippen LogP contribution in [0.15, 0.2) is 58.7 Å². The third-order valence-electron chi connectivity index (χ3n) is 3.57. The van der Waals surface area contributed by atoms with Crippen LogP contribution in [-0.4, -0.2) is 19.7 Å². The van der Waals surface area contributed by atoms with E-state index < -0.39 is 0 Å². The number of thiazole rings is 1. The van der Waals surface area contributed by atoms with Gasteiger partial charge in [0, 0.05) is 21.5 Å². The van der Waals surface area contributed by atoms with Gasteiger partial charge in [0.25, 0.3) is 0 Å². The molecule has 4 aromatic rings. The normalized spacial score (nSPS) is 11.0. The molecule has 0 aliphatic carbocycles. The number of benzene rings is 2. The predicted octanol–water partition coefficient (Wildman–Crippen LogP) is 3.84. The topological polar surface area (TPSA) is 67.5 Å². The van der Waals surface area contributed by atoms with Gasteiger partial charge in [0.2, 0.25) is 4.96 Å². The molecule has 0 aliphatic heterocycles. The minimum absolute atomic E-state index is 0.193. The quantitative estimate of drug-likeness (QED) is 0.593. The van der Waals surface area contributed by atoms with Gasteiger partial charge in [0.05, 0.1) is 5.69 Å². The Balaban J connectivity index is 1.92. The van der Waals surface area contributed by atoms with Crippen molar-refractivity contribution < 1.29 is 5.11 Å². The lowest BCUT2D eigenvalue weighted by Gasteiger charge is -2.04. The number of hydrogen-bond donors (Lipinski definition) is 1. The summed E-state index contributed by atoms with van der Waals surface area (Å²) in [5.41, 5.74) is 2.23. The van der Waals surface area contributed by atoms with E-state index in [9.17, 15) is 9.90 Å². The van der Waals surface area contributed by atoms with E-state index in [1.807, 2.05) is 5.38 Å². The van der Waals surface area contributed by atoms with Gasteiger partial charge in [-0.15, -0.1) is 11.3 Å². The number of fused-ring (bicyclic) bond motifs is 1. The van der Waals surface area contributed by atoms with Crippen LogP contribution in [0.1, 0.15) is 0 Å². The van der Waals surface area contributed by atoms with E-state index in [1.54, 1.807) is 53.0 Å². The first kappa shape index (κ1) is 14.9. The largest absolute Gasteiger partial charge is 0.508 e. The van der Waals surface area contributed by atoms with Crippen molar-refractivity contribution in [1.82, 2.24) is 14.6 Å². The Bertz CT molecular complexity index is 1090. The number of rotatable bonds is 2. The summed E-state index contributed by atoms with van der Waals surface area (Å²) in [6.45, 7) is 0. The lowest BCUT2D eigenvalue weighted by Crippen LogP contribution is -2.14. The number of nitrogens with zero attached hydrogens (tertiary/aromatic N) is 3. The lowest BCUT2D eigenvalue weighted by atomic mass is 10.1. The molecule has 0 aliphatic rings. The number of phenols is 1. The van der Waals surface area contributed by atoms with Crippen molar-refractivity contribution in [2.45, 2.75) is 0 Å². The highest BCUT2D eigenvalue weighted by molar-refractivity contribution is 7.15. The molecule has 0 atom stereocenters. The summed E-state index contributed by atoms with van der Waals surface area (Å²) >= 11 is 7.24. The van der Waals surface area contributed by atoms with Gasteiger partial charge in [-0.25, -0.2) is 4.52 Å². The number of phenolic OH excluding ortho intramolecular Hbond substituents is 1. The molecular weight excluding hydrogens is 346 g/mol. The van der Waals surface area contributed by atoms with Crippen LogP contribution in [0.3, 0.4) is 0 Å². The van der Waals surface area contributed by atoms with E-state index in [4.69, 9.17) is 11.6 Å². The van der Waals surface area contributed by atoms with Gasteiger partial charge in [-0.2, -0.15) is 10.1 Å². The van der Waals surface area contributed by atoms with E-state index in [2.05, 4.69) is 10.1 Å². The van der Waals surface area contributed by atoms with Crippen molar-refractivity contribution >= 4 is 27.9 Å². The maximum absolute atomic E-state index is 12.3. The highest BCUT2D eigenvalue weighted by Gasteiger charge is 2.13. The summed E-state index contributed by atoms with van der Waals surface area (Å²) in [5, 5.41) is 16.4. The minimum Gasteiger partial charge on any atom is -0.508 e. The van der Waals surface area contributed by atoms with Gasteiger partial charge in [0.15, 0.2) is 5.69 Å². The first-order chi connectivity index (χ1) is 11.6. The highest BCUT2D eigenvalue weighted by atomic mass is 35.5. The molecule has 0 unspecified atom stereocenters. The first-order valence-electron chi connectivity index (χ1n) is 7.06. The van der Waals surface area contributed by atoms with Crippen LogP contribution in [0.4, 0.5) is 0 Å². The average Bonchev–Trinajstić information content (AvgIpc) is 2.98. The monoisotopic (exact) mass is 355 g/mol. The summed E-state index contributed by atoms with van der Waals surface area (Å²) in [5.74, 6) is 0.193. The molecule has 0 saturated carbocycles. The van der Waals surface area contributed by atoms with E-state index in [-0.39, 0.29) is 17.0 Å². The molecule has 24 heavy (non-hydrogen) atoms. The number of hydrogen-bond acceptors (Lipinski definition) is 5. The summed E-state index contributed by atoms with van der Waals surface area (Å²) in [6, 6.07) is 13.7. The second-order valence-corrected chi connectivity index (χ2v) is 6.41. The van der Waals surface area contributed by atoms with Crippen molar-refractivity contribution in [3.63, 3.8) is 0 Å². The first-order valence-corrected chi connectivity index (χ1v) is 8.31. The zero-order valence-electron chi connectivity index (χ0n) is 12.2. The van der Waals surface area contributed by atoms with Gasteiger partial charge in [-0.1, -0.05) is 23.7 Å². The van der Waals surface area contributed by atoms with Crippen LogP contribution in [-0.2, 0) is 0 Å². The summed E-state index contributed by atoms with van der Waals surface area (Å²) in [6.07, 6.45) is 0. The Morgan fingerprint density at radius 2 is 1.67 bits per heavy atom. The van der Waals surface area contributed by atoms with Crippen LogP contribution in [0.25, 0.3) is 27.5 Å². The maximum atomic E-state index is 12.3. The van der Waals surface area contributed by atoms with Crippen molar-refractivity contribution in [2.75, 3.05) is 0 Å². The SMILES string of the molecule is O=c1nc2scc(-c3ccc(O)cc3)n2nc1-c1ccc(Cl)cc1. The Hall–Kier alpha value is -2.70. The van der Waals surface area contributed by atoms with E-state index in [0.717, 1.165) is 11.3 Å². The fourth-order valence-corrected chi connectivity index (χ4v) is 3.33. The fourth-order valence-electron chi connectivity index (χ4n) is 2.38. The Morgan fingerprint density at radius 3 is 2.38 bits per heavy atom. The molecule has 0 spiro atoms. The molecule has 0 radical (unpaired) electrons. The standard InChI is InChI=1S/C17H10ClN3O2S/c18-12-5-1-11(2-6-12)15-16(23)19-17-21(20-15)14(9-24-17)10-3-7-13(22)8-4-10/h1-9,22H. The highest BCUT2D eigenvalue weighted by Crippen LogP contribution is 2.26. The number of aromatic hydroxyl groups is 1. The van der Waals surface area contributed by atoms with Crippen LogP contribution in [0.5, 0.6) is 5.75 Å². The fraction of sp³-hybridized carbons (Fsp3) is 0. The van der Waals surface area contributed by atoms with Crippen molar-refractivity contribution in [1.29, 1.82) is 0 Å². The smallest absolute Gasteiger partial charge is 0.300 e. The Kier molecular flexibility index (Phi) is 3.55. The molecule has 2 aromatic carbocycles. The van der Waals surface area contributed by atoms with E-state index in [1.165, 1.54) is 11.3 Å². The van der Waals surface area contributed by atoms with Gasteiger partial charge in [-0.3, -0.25) is 4.79 Å². The number of halogens is 1. The molecule has 0 amide bonds. The van der Waals surface area contributed by atoms with Crippen LogP contribution in [0, 0.1) is 0 Å². The average molecular weight is 356 g/mol. The third kappa shape index (κ3) is 2.55. The third-order valence-corrected chi connectivity index (χ3v) is 4.63. The molecule has 2 heterocycles. The Morgan fingerprint density at radius 1 is 1.00 bits per heavy atom. The molecule has 1 N–H and O–H groups in total. The van der Waals surface area contributed by atoms with Gasteiger partial charge < -0.3 is 5.11 Å². The van der Waals surface area contributed by atoms with Crippen molar-refractivity contribution in [3.05, 3.63) is 69.3 Å². The summed E-state index contributed by atoms with van der Waals surface area (Å²) < 4.78 is 1.64. The molecule has 5 nitrogen and oxygen atoms in total. The zero-order valence-corrected chi connectivity index (χ0v) is 13.8. The van der Waals surface area contributed by atoms with Gasteiger partial charge >= 0.3 is 5.56 Å². The maximum Gasteiger partial charge on any atom is 0.300 e. The predicted molar refractivity (Wildman–Crippen MR) is 94.7 cm³/mol. The molecule has 0 saturated heterocycles. The molecule has 4 rings (SSSR count). The van der Waals surface area contributed by atoms with Crippen LogP contribution >= 0.6 is 22.9 Å². The Labute approximate surface area is 145 Å². The van der Waals surface area contributed by atoms with Gasteiger partial charge in [0.1, 0.15) is 5.75 Å². The summed E-state index contributed by atoms with van der Waals surface area (Å²) in [4.78, 5) is 16.9. The van der Waals surface area contributed by atoms with Crippen molar-refractivity contribution in [3.8, 4) is 28.3 Å². The molecule has 118 valence electrons. The second-order valence-electron chi connectivity index (χ2n) is 5.13. The second kappa shape index (κ2) is 5.74. The van der Waals surface area contributed by atoms with Gasteiger partial charge in [-0.05, 0) is 36.4 Å². The number of aromatic nitrogens is 3. The van der Waals surface area contributed by atoms with E-state index >= 15 is 0 Å². The zero-order chi connectivity index (χ0) is 16.7. The van der Waals surface area contributed by atoms with Crippen LogP contribution in [0.2, 0.25) is 5.02 Å². The summed E-state index contributed by atoms with van der Waals surface area (Å²) in [7, 11) is 0. The molecule has 7 heteroatoms.